The highest BCUT2D eigenvalue weighted by Gasteiger charge is 2.39. The van der Waals surface area contributed by atoms with E-state index < -0.39 is 23.0 Å². The molecule has 0 unspecified atom stereocenters. The van der Waals surface area contributed by atoms with Gasteiger partial charge in [0.05, 0.1) is 40.7 Å². The fourth-order valence-corrected chi connectivity index (χ4v) is 4.03. The Labute approximate surface area is 198 Å². The van der Waals surface area contributed by atoms with Gasteiger partial charge >= 0.3 is 0 Å². The monoisotopic (exact) mass is 478 g/mol. The van der Waals surface area contributed by atoms with E-state index in [0.29, 0.717) is 22.4 Å². The van der Waals surface area contributed by atoms with Crippen molar-refractivity contribution in [1.82, 2.24) is 9.97 Å². The summed E-state index contributed by atoms with van der Waals surface area (Å²) < 4.78 is 39.5. The Bertz CT molecular complexity index is 1490. The highest BCUT2D eigenvalue weighted by atomic mass is 19.1. The molecule has 3 heterocycles. The van der Waals surface area contributed by atoms with Crippen LogP contribution in [0.15, 0.2) is 54.9 Å². The fraction of sp³-hybridized carbons (Fsp3) is 0.160. The lowest BCUT2D eigenvalue weighted by molar-refractivity contribution is -0.121. The number of fused-ring (bicyclic) bond motifs is 3. The number of nitrogens with one attached hydrogen (secondary N) is 3. The molecule has 1 aliphatic rings. The molecule has 35 heavy (non-hydrogen) atoms. The lowest BCUT2D eigenvalue weighted by Crippen LogP contribution is -2.53. The number of H-pyrrole nitrogens is 1. The highest BCUT2D eigenvalue weighted by molar-refractivity contribution is 6.21. The number of pyridine rings is 1. The van der Waals surface area contributed by atoms with Crippen molar-refractivity contribution in [2.75, 3.05) is 24.4 Å². The molecule has 4 aromatic rings. The second-order valence-corrected chi connectivity index (χ2v) is 8.32. The van der Waals surface area contributed by atoms with Gasteiger partial charge in [0, 0.05) is 19.4 Å². The minimum atomic E-state index is -1.09. The number of para-hydroxylation sites is 1. The zero-order valence-corrected chi connectivity index (χ0v) is 18.7. The third-order valence-electron chi connectivity index (χ3n) is 5.78. The minimum Gasteiger partial charge on any atom is -0.454 e. The Morgan fingerprint density at radius 1 is 1.11 bits per heavy atom. The van der Waals surface area contributed by atoms with E-state index >= 15 is 4.39 Å². The molecule has 0 aliphatic carbocycles. The van der Waals surface area contributed by atoms with Gasteiger partial charge in [-0.3, -0.25) is 9.59 Å². The van der Waals surface area contributed by atoms with Crippen LogP contribution in [-0.2, 0) is 9.53 Å². The number of carbonyl (C=O) groups excluding carboxylic acids is 2. The third kappa shape index (κ3) is 3.87. The zero-order chi connectivity index (χ0) is 24.7. The first-order chi connectivity index (χ1) is 16.8. The van der Waals surface area contributed by atoms with Crippen molar-refractivity contribution in [2.24, 2.45) is 0 Å². The number of aromatic amines is 1. The minimum absolute atomic E-state index is 0.0434. The number of ether oxygens (including phenoxy) is 2. The normalized spacial score (nSPS) is 17.0. The van der Waals surface area contributed by atoms with Crippen LogP contribution in [0.4, 0.5) is 20.2 Å². The molecule has 0 spiro atoms. The van der Waals surface area contributed by atoms with Crippen LogP contribution in [0.1, 0.15) is 22.8 Å². The smallest absolute Gasteiger partial charge is 0.252 e. The van der Waals surface area contributed by atoms with Crippen molar-refractivity contribution >= 4 is 34.1 Å². The van der Waals surface area contributed by atoms with Crippen molar-refractivity contribution in [3.8, 4) is 11.5 Å². The maximum atomic E-state index is 15.0. The molecule has 0 radical (unpaired) electrons. The average Bonchev–Trinajstić information content (AvgIpc) is 3.26. The molecule has 0 saturated carbocycles. The van der Waals surface area contributed by atoms with Crippen molar-refractivity contribution in [2.45, 2.75) is 12.5 Å². The Morgan fingerprint density at radius 2 is 1.91 bits per heavy atom. The molecular weight excluding hydrogens is 458 g/mol. The molecule has 5 rings (SSSR count). The van der Waals surface area contributed by atoms with E-state index in [1.165, 1.54) is 49.8 Å². The average molecular weight is 478 g/mol. The van der Waals surface area contributed by atoms with Crippen LogP contribution in [-0.4, -0.2) is 40.9 Å². The van der Waals surface area contributed by atoms with E-state index in [1.54, 1.807) is 13.0 Å². The van der Waals surface area contributed by atoms with Crippen molar-refractivity contribution < 1.29 is 27.8 Å². The number of carbonyl (C=O) groups is 2. The number of amides is 1. The van der Waals surface area contributed by atoms with E-state index in [-0.39, 0.29) is 35.1 Å². The summed E-state index contributed by atoms with van der Waals surface area (Å²) in [7, 11) is 1.48. The van der Waals surface area contributed by atoms with Gasteiger partial charge in [0.25, 0.3) is 5.91 Å². The molecule has 1 aliphatic heterocycles. The van der Waals surface area contributed by atoms with Gasteiger partial charge < -0.3 is 25.1 Å². The lowest BCUT2D eigenvalue weighted by atomic mass is 9.96. The van der Waals surface area contributed by atoms with Gasteiger partial charge in [0.1, 0.15) is 22.8 Å². The molecule has 178 valence electrons. The van der Waals surface area contributed by atoms with Gasteiger partial charge in [0.15, 0.2) is 17.3 Å². The summed E-state index contributed by atoms with van der Waals surface area (Å²) in [5.41, 5.74) is 0.108. The number of halogens is 2. The van der Waals surface area contributed by atoms with Gasteiger partial charge in [-0.25, -0.2) is 13.8 Å². The number of nitrogens with zero attached hydrogens (tertiary/aromatic N) is 1. The molecular formula is C25H20F2N4O4. The molecule has 0 fully saturated rings. The standard InChI is InChI=1S/C25H20F2N4O4/c1-25(12-34-2)24(33)30-18-11-29-23-20(21(18)31-25)15(10-28-23)22(32)14-8-7-13(9-17(14)27)35-19-6-4-3-5-16(19)26/h3-11,31H,12H2,1-2H3,(H,28,29)(H,30,33)/t25-/m0/s1. The molecule has 0 saturated heterocycles. The van der Waals surface area contributed by atoms with Gasteiger partial charge in [-0.2, -0.15) is 0 Å². The second-order valence-electron chi connectivity index (χ2n) is 8.32. The summed E-state index contributed by atoms with van der Waals surface area (Å²) in [5.74, 6) is -2.36. The second kappa shape index (κ2) is 8.48. The summed E-state index contributed by atoms with van der Waals surface area (Å²) in [6, 6.07) is 9.43. The number of aromatic nitrogens is 2. The topological polar surface area (TPSA) is 105 Å². The predicted molar refractivity (Wildman–Crippen MR) is 125 cm³/mol. The van der Waals surface area contributed by atoms with Gasteiger partial charge in [-0.05, 0) is 31.2 Å². The first-order valence-corrected chi connectivity index (χ1v) is 10.7. The summed E-state index contributed by atoms with van der Waals surface area (Å²) in [5, 5.41) is 6.34. The van der Waals surface area contributed by atoms with Gasteiger partial charge in [-0.1, -0.05) is 12.1 Å². The maximum absolute atomic E-state index is 15.0. The third-order valence-corrected chi connectivity index (χ3v) is 5.78. The molecule has 1 amide bonds. The zero-order valence-electron chi connectivity index (χ0n) is 18.7. The number of methoxy groups -OCH3 is 1. The van der Waals surface area contributed by atoms with Crippen LogP contribution < -0.4 is 15.4 Å². The first-order valence-electron chi connectivity index (χ1n) is 10.7. The Morgan fingerprint density at radius 3 is 2.66 bits per heavy atom. The van der Waals surface area contributed by atoms with Crippen LogP contribution in [0.3, 0.4) is 0 Å². The Balaban J connectivity index is 1.52. The summed E-state index contributed by atoms with van der Waals surface area (Å²) in [6.07, 6.45) is 2.91. The number of hydrogen-bond acceptors (Lipinski definition) is 6. The van der Waals surface area contributed by atoms with Crippen LogP contribution in [0.5, 0.6) is 11.5 Å². The summed E-state index contributed by atoms with van der Waals surface area (Å²) in [6.45, 7) is 1.75. The van der Waals surface area contributed by atoms with Crippen molar-refractivity contribution in [3.05, 3.63) is 77.6 Å². The van der Waals surface area contributed by atoms with E-state index in [2.05, 4.69) is 20.6 Å². The van der Waals surface area contributed by atoms with Crippen molar-refractivity contribution in [3.63, 3.8) is 0 Å². The van der Waals surface area contributed by atoms with E-state index in [4.69, 9.17) is 9.47 Å². The maximum Gasteiger partial charge on any atom is 0.252 e. The van der Waals surface area contributed by atoms with Crippen LogP contribution in [0.25, 0.3) is 11.0 Å². The largest absolute Gasteiger partial charge is 0.454 e. The Hall–Kier alpha value is -4.31. The van der Waals surface area contributed by atoms with E-state index in [9.17, 15) is 14.0 Å². The van der Waals surface area contributed by atoms with Crippen LogP contribution in [0.2, 0.25) is 0 Å². The number of benzene rings is 2. The number of anilines is 2. The van der Waals surface area contributed by atoms with Gasteiger partial charge in [0.2, 0.25) is 0 Å². The quantitative estimate of drug-likeness (QED) is 0.349. The SMILES string of the molecule is COC[C@]1(C)Nc2c(cnc3[nH]cc(C(=O)c4ccc(Oc5ccccc5F)cc4F)c23)NC1=O. The number of ketones is 1. The molecule has 0 bridgehead atoms. The highest BCUT2D eigenvalue weighted by Crippen LogP contribution is 2.39. The molecule has 2 aromatic carbocycles. The molecule has 2 aromatic heterocycles. The van der Waals surface area contributed by atoms with Crippen molar-refractivity contribution in [1.29, 1.82) is 0 Å². The fourth-order valence-electron chi connectivity index (χ4n) is 4.03. The Kier molecular flexibility index (Phi) is 5.45. The van der Waals surface area contributed by atoms with Crippen LogP contribution >= 0.6 is 0 Å². The van der Waals surface area contributed by atoms with Crippen LogP contribution in [0, 0.1) is 11.6 Å². The lowest BCUT2D eigenvalue weighted by Gasteiger charge is -2.35. The van der Waals surface area contributed by atoms with E-state index in [0.717, 1.165) is 6.07 Å². The molecule has 1 atom stereocenters. The first kappa shape index (κ1) is 22.5. The van der Waals surface area contributed by atoms with E-state index in [1.807, 2.05) is 0 Å². The summed E-state index contributed by atoms with van der Waals surface area (Å²) >= 11 is 0. The number of hydrogen-bond donors (Lipinski definition) is 3. The predicted octanol–water partition coefficient (Wildman–Crippen LogP) is 4.63. The molecule has 8 nitrogen and oxygen atoms in total. The molecule has 3 N–H and O–H groups in total. The number of rotatable bonds is 6. The van der Waals surface area contributed by atoms with Gasteiger partial charge in [-0.15, -0.1) is 0 Å². The summed E-state index contributed by atoms with van der Waals surface area (Å²) in [4.78, 5) is 33.1. The molecule has 10 heteroatoms.